The molecule has 3 rings (SSSR count). The Kier molecular flexibility index (Phi) is 8.49. The zero-order valence-corrected chi connectivity index (χ0v) is 19.9. The molecular weight excluding hydrogens is 453 g/mol. The van der Waals surface area contributed by atoms with Crippen molar-refractivity contribution in [2.75, 3.05) is 0 Å². The summed E-state index contributed by atoms with van der Waals surface area (Å²) < 4.78 is 39.5. The summed E-state index contributed by atoms with van der Waals surface area (Å²) in [4.78, 5) is 24.4. The third-order valence-corrected chi connectivity index (χ3v) is 6.06. The number of aryl methyl sites for hydroxylation is 2. The van der Waals surface area contributed by atoms with E-state index in [0.717, 1.165) is 28.8 Å². The van der Waals surface area contributed by atoms with E-state index in [1.54, 1.807) is 6.92 Å². The lowest BCUT2D eigenvalue weighted by Crippen LogP contribution is -2.10. The van der Waals surface area contributed by atoms with Gasteiger partial charge in [0.1, 0.15) is 11.5 Å². The van der Waals surface area contributed by atoms with Crippen LogP contribution in [0.3, 0.4) is 0 Å². The lowest BCUT2D eigenvalue weighted by atomic mass is 9.96. The average Bonchev–Trinajstić information content (AvgIpc) is 2.83. The van der Waals surface area contributed by atoms with Gasteiger partial charge in [0.25, 0.3) is 0 Å². The minimum atomic E-state index is -4.54. The molecule has 6 heteroatoms. The molecule has 0 aromatic heterocycles. The van der Waals surface area contributed by atoms with Crippen LogP contribution in [0.2, 0.25) is 0 Å². The highest BCUT2D eigenvalue weighted by atomic mass is 19.4. The van der Waals surface area contributed by atoms with Crippen LogP contribution < -0.4 is 0 Å². The van der Waals surface area contributed by atoms with E-state index in [2.05, 4.69) is 0 Å². The summed E-state index contributed by atoms with van der Waals surface area (Å²) in [5.74, 6) is -0.359. The maximum Gasteiger partial charge on any atom is 0.416 e. The maximum absolute atomic E-state index is 13.2. The summed E-state index contributed by atoms with van der Waals surface area (Å²) in [6.07, 6.45) is -2.78. The number of aromatic hydroxyl groups is 1. The Morgan fingerprint density at radius 3 is 2.14 bits per heavy atom. The minimum Gasteiger partial charge on any atom is -0.507 e. The summed E-state index contributed by atoms with van der Waals surface area (Å²) in [5, 5.41) is 10.3. The van der Waals surface area contributed by atoms with Gasteiger partial charge in [-0.25, -0.2) is 0 Å². The molecule has 0 fully saturated rings. The van der Waals surface area contributed by atoms with Gasteiger partial charge in [-0.15, -0.1) is 0 Å². The van der Waals surface area contributed by atoms with Gasteiger partial charge in [0.05, 0.1) is 5.56 Å². The van der Waals surface area contributed by atoms with Gasteiger partial charge in [0.15, 0.2) is 5.78 Å². The lowest BCUT2D eigenvalue weighted by molar-refractivity contribution is -0.137. The topological polar surface area (TPSA) is 54.4 Å². The van der Waals surface area contributed by atoms with E-state index in [-0.39, 0.29) is 47.7 Å². The Balaban J connectivity index is 1.61. The number of carbonyl (C=O) groups is 2. The molecule has 3 aromatic carbocycles. The number of ketones is 2. The van der Waals surface area contributed by atoms with Gasteiger partial charge >= 0.3 is 6.18 Å². The number of hydrogen-bond donors (Lipinski definition) is 1. The molecule has 0 aliphatic heterocycles. The van der Waals surface area contributed by atoms with E-state index in [0.29, 0.717) is 24.8 Å². The molecule has 0 bridgehead atoms. The first-order valence-corrected chi connectivity index (χ1v) is 11.7. The van der Waals surface area contributed by atoms with Crippen LogP contribution in [0.4, 0.5) is 13.2 Å². The Morgan fingerprint density at radius 1 is 0.857 bits per heavy atom. The molecule has 35 heavy (non-hydrogen) atoms. The molecule has 1 N–H and O–H groups in total. The van der Waals surface area contributed by atoms with E-state index in [1.807, 2.05) is 55.5 Å². The summed E-state index contributed by atoms with van der Waals surface area (Å²) in [6.45, 7) is 3.50. The Bertz CT molecular complexity index is 1190. The van der Waals surface area contributed by atoms with Gasteiger partial charge in [-0.05, 0) is 59.7 Å². The molecule has 0 heterocycles. The number of halogens is 3. The predicted octanol–water partition coefficient (Wildman–Crippen LogP) is 6.90. The van der Waals surface area contributed by atoms with E-state index >= 15 is 0 Å². The highest BCUT2D eigenvalue weighted by Gasteiger charge is 2.32. The van der Waals surface area contributed by atoms with E-state index < -0.39 is 11.7 Å². The standard InChI is InChI=1S/C29H29F3O3/c1-3-22-16-25(29(30,31)32)17-24(28(22)35)18-26(33)13-12-19-8-10-20(11-9-19)14-21-6-5-7-23(15-21)27(34)4-2/h5-11,15-17,35H,3-4,12-14,18H2,1-2H3. The second-order valence-electron chi connectivity index (χ2n) is 8.68. The Labute approximate surface area is 203 Å². The third kappa shape index (κ3) is 7.04. The third-order valence-electron chi connectivity index (χ3n) is 6.06. The fourth-order valence-corrected chi connectivity index (χ4v) is 4.03. The van der Waals surface area contributed by atoms with Crippen LogP contribution in [0.25, 0.3) is 0 Å². The van der Waals surface area contributed by atoms with Gasteiger partial charge in [-0.1, -0.05) is 56.3 Å². The van der Waals surface area contributed by atoms with Gasteiger partial charge < -0.3 is 5.11 Å². The van der Waals surface area contributed by atoms with Crippen molar-refractivity contribution in [2.24, 2.45) is 0 Å². The van der Waals surface area contributed by atoms with Crippen LogP contribution in [-0.4, -0.2) is 16.7 Å². The first kappa shape index (κ1) is 26.2. The van der Waals surface area contributed by atoms with Gasteiger partial charge in [0, 0.05) is 30.4 Å². The zero-order chi connectivity index (χ0) is 25.6. The highest BCUT2D eigenvalue weighted by molar-refractivity contribution is 5.96. The largest absolute Gasteiger partial charge is 0.507 e. The van der Waals surface area contributed by atoms with Crippen molar-refractivity contribution >= 4 is 11.6 Å². The summed E-state index contributed by atoms with van der Waals surface area (Å²) in [7, 11) is 0. The van der Waals surface area contributed by atoms with Crippen LogP contribution >= 0.6 is 0 Å². The summed E-state index contributed by atoms with van der Waals surface area (Å²) in [5.41, 5.74) is 3.11. The molecule has 184 valence electrons. The molecular formula is C29H29F3O3. The monoisotopic (exact) mass is 482 g/mol. The van der Waals surface area contributed by atoms with Gasteiger partial charge in [0.2, 0.25) is 0 Å². The van der Waals surface area contributed by atoms with Gasteiger partial charge in [-0.2, -0.15) is 13.2 Å². The van der Waals surface area contributed by atoms with E-state index in [9.17, 15) is 27.9 Å². The van der Waals surface area contributed by atoms with Gasteiger partial charge in [-0.3, -0.25) is 9.59 Å². The van der Waals surface area contributed by atoms with Crippen LogP contribution in [0.5, 0.6) is 5.75 Å². The molecule has 0 radical (unpaired) electrons. The normalized spacial score (nSPS) is 11.5. The van der Waals surface area contributed by atoms with Crippen molar-refractivity contribution in [3.63, 3.8) is 0 Å². The number of phenolic OH excluding ortho intramolecular Hbond substituents is 1. The molecule has 0 spiro atoms. The van der Waals surface area contributed by atoms with Crippen molar-refractivity contribution in [2.45, 2.75) is 58.5 Å². The second-order valence-corrected chi connectivity index (χ2v) is 8.68. The first-order valence-electron chi connectivity index (χ1n) is 11.7. The van der Waals surface area contributed by atoms with Crippen molar-refractivity contribution in [3.05, 3.63) is 99.6 Å². The molecule has 0 amide bonds. The Morgan fingerprint density at radius 2 is 1.51 bits per heavy atom. The van der Waals surface area contributed by atoms with Crippen LogP contribution in [0.1, 0.15) is 70.4 Å². The zero-order valence-electron chi connectivity index (χ0n) is 19.9. The second kappa shape index (κ2) is 11.3. The lowest BCUT2D eigenvalue weighted by Gasteiger charge is -2.14. The van der Waals surface area contributed by atoms with E-state index in [4.69, 9.17) is 0 Å². The number of alkyl halides is 3. The molecule has 0 aliphatic carbocycles. The van der Waals surface area contributed by atoms with E-state index in [1.165, 1.54) is 0 Å². The summed E-state index contributed by atoms with van der Waals surface area (Å²) >= 11 is 0. The fourth-order valence-electron chi connectivity index (χ4n) is 4.03. The van der Waals surface area contributed by atoms with Crippen molar-refractivity contribution in [3.8, 4) is 5.75 Å². The molecule has 3 aromatic rings. The van der Waals surface area contributed by atoms with Crippen molar-refractivity contribution in [1.82, 2.24) is 0 Å². The van der Waals surface area contributed by atoms with Crippen molar-refractivity contribution in [1.29, 1.82) is 0 Å². The number of benzene rings is 3. The minimum absolute atomic E-state index is 0.0146. The molecule has 3 nitrogen and oxygen atoms in total. The Hall–Kier alpha value is -3.41. The molecule has 0 saturated heterocycles. The highest BCUT2D eigenvalue weighted by Crippen LogP contribution is 2.35. The predicted molar refractivity (Wildman–Crippen MR) is 130 cm³/mol. The summed E-state index contributed by atoms with van der Waals surface area (Å²) in [6, 6.07) is 17.2. The number of phenols is 1. The number of rotatable bonds is 10. The molecule has 0 atom stereocenters. The quantitative estimate of drug-likeness (QED) is 0.320. The smallest absolute Gasteiger partial charge is 0.416 e. The van der Waals surface area contributed by atoms with Crippen LogP contribution in [-0.2, 0) is 36.7 Å². The fraction of sp³-hybridized carbons (Fsp3) is 0.310. The SMILES string of the molecule is CCC(=O)c1cccc(Cc2ccc(CCC(=O)Cc3cc(C(F)(F)F)cc(CC)c3O)cc2)c1. The maximum atomic E-state index is 13.2. The number of Topliss-reactive ketones (excluding diaryl/α,β-unsaturated/α-hetero) is 2. The number of carbonyl (C=O) groups excluding carboxylic acids is 2. The van der Waals surface area contributed by atoms with Crippen molar-refractivity contribution < 1.29 is 27.9 Å². The van der Waals surface area contributed by atoms with Crippen LogP contribution in [0, 0.1) is 0 Å². The van der Waals surface area contributed by atoms with Crippen LogP contribution in [0.15, 0.2) is 60.7 Å². The molecule has 0 aliphatic rings. The molecule has 0 saturated carbocycles. The molecule has 0 unspecified atom stereocenters. The first-order chi connectivity index (χ1) is 16.6. The number of hydrogen-bond acceptors (Lipinski definition) is 3. The average molecular weight is 483 g/mol.